The summed E-state index contributed by atoms with van der Waals surface area (Å²) in [5, 5.41) is 8.12. The predicted octanol–water partition coefficient (Wildman–Crippen LogP) is 2.82. The summed E-state index contributed by atoms with van der Waals surface area (Å²) in [5.74, 6) is 0.776. The van der Waals surface area contributed by atoms with Gasteiger partial charge in [0.15, 0.2) is 0 Å². The minimum atomic E-state index is -0.343. The Bertz CT molecular complexity index is 946. The Hall–Kier alpha value is -2.60. The Morgan fingerprint density at radius 3 is 2.62 bits per heavy atom. The lowest BCUT2D eigenvalue weighted by molar-refractivity contribution is 0.303. The number of ether oxygens (including phenoxy) is 1. The molecule has 0 aliphatic carbocycles. The molecule has 0 spiro atoms. The molecule has 0 aliphatic rings. The molecule has 0 unspecified atom stereocenters. The second-order valence-corrected chi connectivity index (χ2v) is 6.00. The molecule has 0 aliphatic heterocycles. The molecule has 7 heteroatoms. The highest BCUT2D eigenvalue weighted by Crippen LogP contribution is 2.25. The Labute approximate surface area is 144 Å². The molecule has 0 radical (unpaired) electrons. The fourth-order valence-electron chi connectivity index (χ4n) is 2.46. The van der Waals surface area contributed by atoms with Crippen LogP contribution in [0.25, 0.3) is 5.69 Å². The van der Waals surface area contributed by atoms with Gasteiger partial charge in [0.25, 0.3) is 0 Å². The molecule has 3 rings (SSSR count). The molecule has 0 saturated heterocycles. The molecule has 1 aromatic heterocycles. The number of tetrazole rings is 1. The summed E-state index contributed by atoms with van der Waals surface area (Å²) in [5.41, 5.74) is 3.11. The van der Waals surface area contributed by atoms with Crippen molar-refractivity contribution in [2.24, 2.45) is 7.05 Å². The molecule has 3 aromatic rings. The van der Waals surface area contributed by atoms with Crippen LogP contribution in [0.15, 0.2) is 41.2 Å². The quantitative estimate of drug-likeness (QED) is 0.730. The number of hydrogen-bond donors (Lipinski definition) is 0. The first-order chi connectivity index (χ1) is 11.5. The number of nitrogens with zero attached hydrogens (tertiary/aromatic N) is 4. The molecule has 0 N–H and O–H groups in total. The second kappa shape index (κ2) is 6.49. The number of aromatic nitrogens is 4. The van der Waals surface area contributed by atoms with Gasteiger partial charge < -0.3 is 4.74 Å². The average Bonchev–Trinajstić information content (AvgIpc) is 2.87. The van der Waals surface area contributed by atoms with Gasteiger partial charge in [0, 0.05) is 17.6 Å². The minimum absolute atomic E-state index is 0.224. The van der Waals surface area contributed by atoms with Crippen LogP contribution in [0.3, 0.4) is 0 Å². The maximum Gasteiger partial charge on any atom is 0.368 e. The first-order valence-electron chi connectivity index (χ1n) is 7.44. The summed E-state index contributed by atoms with van der Waals surface area (Å²) in [6.07, 6.45) is 0. The smallest absolute Gasteiger partial charge is 0.368 e. The maximum absolute atomic E-state index is 12.1. The lowest BCUT2D eigenvalue weighted by atomic mass is 10.1. The van der Waals surface area contributed by atoms with E-state index in [-0.39, 0.29) is 12.3 Å². The van der Waals surface area contributed by atoms with Crippen molar-refractivity contribution in [1.29, 1.82) is 0 Å². The van der Waals surface area contributed by atoms with Gasteiger partial charge in [-0.2, -0.15) is 9.36 Å². The normalized spacial score (nSPS) is 10.8. The van der Waals surface area contributed by atoms with Gasteiger partial charge in [-0.25, -0.2) is 4.79 Å². The van der Waals surface area contributed by atoms with E-state index < -0.39 is 0 Å². The molecular formula is C17H17ClN4O2. The van der Waals surface area contributed by atoms with E-state index in [1.165, 1.54) is 10.2 Å². The predicted molar refractivity (Wildman–Crippen MR) is 91.9 cm³/mol. The highest BCUT2D eigenvalue weighted by molar-refractivity contribution is 6.31. The lowest BCUT2D eigenvalue weighted by Gasteiger charge is -2.13. The maximum atomic E-state index is 12.1. The zero-order valence-corrected chi connectivity index (χ0v) is 14.4. The molecule has 124 valence electrons. The number of hydrogen-bond acceptors (Lipinski definition) is 4. The standard InChI is InChI=1S/C17H17ClN4O2/c1-11-7-8-16(12(2)9-11)24-10-13-14(18)5-4-6-15(13)22-17(23)21(3)19-20-22/h4-9H,10H2,1-3H3. The zero-order valence-electron chi connectivity index (χ0n) is 13.7. The molecule has 0 saturated carbocycles. The van der Waals surface area contributed by atoms with Crippen LogP contribution < -0.4 is 10.4 Å². The van der Waals surface area contributed by atoms with Crippen molar-refractivity contribution in [3.05, 3.63) is 68.6 Å². The second-order valence-electron chi connectivity index (χ2n) is 5.59. The van der Waals surface area contributed by atoms with Crippen molar-refractivity contribution in [2.45, 2.75) is 20.5 Å². The molecule has 0 fully saturated rings. The lowest BCUT2D eigenvalue weighted by Crippen LogP contribution is -2.23. The van der Waals surface area contributed by atoms with Gasteiger partial charge in [-0.05, 0) is 48.0 Å². The highest BCUT2D eigenvalue weighted by Gasteiger charge is 2.14. The Kier molecular flexibility index (Phi) is 4.40. The van der Waals surface area contributed by atoms with Crippen molar-refractivity contribution in [3.8, 4) is 11.4 Å². The first-order valence-corrected chi connectivity index (χ1v) is 7.82. The first kappa shape index (κ1) is 16.3. The molecular weight excluding hydrogens is 328 g/mol. The van der Waals surface area contributed by atoms with Crippen LogP contribution in [0, 0.1) is 13.8 Å². The van der Waals surface area contributed by atoms with E-state index in [2.05, 4.69) is 16.5 Å². The number of rotatable bonds is 4. The molecule has 0 atom stereocenters. The van der Waals surface area contributed by atoms with Gasteiger partial charge in [0.2, 0.25) is 0 Å². The van der Waals surface area contributed by atoms with Gasteiger partial charge in [-0.15, -0.1) is 0 Å². The minimum Gasteiger partial charge on any atom is -0.488 e. The monoisotopic (exact) mass is 344 g/mol. The SMILES string of the molecule is Cc1ccc(OCc2c(Cl)cccc2-n2nnn(C)c2=O)c(C)c1. The van der Waals surface area contributed by atoms with Crippen molar-refractivity contribution in [2.75, 3.05) is 0 Å². The largest absolute Gasteiger partial charge is 0.488 e. The van der Waals surface area contributed by atoms with Crippen molar-refractivity contribution < 1.29 is 4.74 Å². The van der Waals surface area contributed by atoms with Crippen LogP contribution in [-0.2, 0) is 13.7 Å². The highest BCUT2D eigenvalue weighted by atomic mass is 35.5. The van der Waals surface area contributed by atoms with Gasteiger partial charge in [0.1, 0.15) is 12.4 Å². The molecule has 24 heavy (non-hydrogen) atoms. The topological polar surface area (TPSA) is 61.9 Å². The van der Waals surface area contributed by atoms with Crippen LogP contribution in [0.4, 0.5) is 0 Å². The summed E-state index contributed by atoms with van der Waals surface area (Å²) >= 11 is 6.32. The van der Waals surface area contributed by atoms with Gasteiger partial charge in [0.05, 0.1) is 5.69 Å². The summed E-state index contributed by atoms with van der Waals surface area (Å²) in [6, 6.07) is 11.3. The fourth-order valence-corrected chi connectivity index (χ4v) is 2.69. The molecule has 6 nitrogen and oxygen atoms in total. The number of benzene rings is 2. The van der Waals surface area contributed by atoms with E-state index in [0.29, 0.717) is 16.3 Å². The molecule has 0 amide bonds. The van der Waals surface area contributed by atoms with Crippen LogP contribution in [-0.4, -0.2) is 19.8 Å². The van der Waals surface area contributed by atoms with E-state index in [0.717, 1.165) is 16.0 Å². The Balaban J connectivity index is 1.96. The zero-order chi connectivity index (χ0) is 17.3. The summed E-state index contributed by atoms with van der Waals surface area (Å²) < 4.78 is 8.29. The van der Waals surface area contributed by atoms with E-state index in [9.17, 15) is 4.79 Å². The summed E-state index contributed by atoms with van der Waals surface area (Å²) in [7, 11) is 1.54. The Morgan fingerprint density at radius 1 is 1.17 bits per heavy atom. The fraction of sp³-hybridized carbons (Fsp3) is 0.235. The third-order valence-corrected chi connectivity index (χ3v) is 4.10. The van der Waals surface area contributed by atoms with E-state index >= 15 is 0 Å². The van der Waals surface area contributed by atoms with Crippen LogP contribution in [0.5, 0.6) is 5.75 Å². The molecule has 0 bridgehead atoms. The van der Waals surface area contributed by atoms with Crippen molar-refractivity contribution >= 4 is 11.6 Å². The third kappa shape index (κ3) is 3.05. The van der Waals surface area contributed by atoms with Crippen molar-refractivity contribution in [3.63, 3.8) is 0 Å². The number of halogens is 1. The van der Waals surface area contributed by atoms with Gasteiger partial charge in [-0.1, -0.05) is 35.4 Å². The van der Waals surface area contributed by atoms with E-state index in [1.807, 2.05) is 26.0 Å². The van der Waals surface area contributed by atoms with E-state index in [4.69, 9.17) is 16.3 Å². The number of aryl methyl sites for hydroxylation is 3. The summed E-state index contributed by atoms with van der Waals surface area (Å²) in [4.78, 5) is 12.1. The third-order valence-electron chi connectivity index (χ3n) is 3.75. The molecule has 1 heterocycles. The van der Waals surface area contributed by atoms with Gasteiger partial charge in [-0.3, -0.25) is 0 Å². The van der Waals surface area contributed by atoms with Gasteiger partial charge >= 0.3 is 5.69 Å². The molecule has 2 aromatic carbocycles. The van der Waals surface area contributed by atoms with Crippen molar-refractivity contribution in [1.82, 2.24) is 19.8 Å². The van der Waals surface area contributed by atoms with E-state index in [1.54, 1.807) is 25.2 Å². The summed E-state index contributed by atoms with van der Waals surface area (Å²) in [6.45, 7) is 4.24. The van der Waals surface area contributed by atoms with Crippen LogP contribution >= 0.6 is 11.6 Å². The average molecular weight is 345 g/mol. The van der Waals surface area contributed by atoms with Crippen LogP contribution in [0.2, 0.25) is 5.02 Å². The van der Waals surface area contributed by atoms with Crippen LogP contribution in [0.1, 0.15) is 16.7 Å². The Morgan fingerprint density at radius 2 is 1.96 bits per heavy atom.